The van der Waals surface area contributed by atoms with Crippen LogP contribution in [-0.4, -0.2) is 33.1 Å². The molecule has 160 valence electrons. The fraction of sp³-hybridized carbons (Fsp3) is 0.792. The number of aliphatic hydroxyl groups excluding tert-OH is 2. The first-order valence-electron chi connectivity index (χ1n) is 11.4. The molecule has 4 aliphatic rings. The van der Waals surface area contributed by atoms with E-state index >= 15 is 0 Å². The minimum atomic E-state index is -0.818. The summed E-state index contributed by atoms with van der Waals surface area (Å²) in [5.74, 6) is 0.662. The van der Waals surface area contributed by atoms with Gasteiger partial charge in [0.1, 0.15) is 0 Å². The van der Waals surface area contributed by atoms with Crippen LogP contribution in [0.4, 0.5) is 0 Å². The van der Waals surface area contributed by atoms with Crippen LogP contribution in [0.25, 0.3) is 0 Å². The Morgan fingerprint density at radius 1 is 1.07 bits per heavy atom. The average molecular weight is 403 g/mol. The summed E-state index contributed by atoms with van der Waals surface area (Å²) in [7, 11) is 0. The molecule has 0 amide bonds. The summed E-state index contributed by atoms with van der Waals surface area (Å²) in [4.78, 5) is 11.4. The first-order valence-corrected chi connectivity index (χ1v) is 11.4. The summed E-state index contributed by atoms with van der Waals surface area (Å²) in [6.07, 6.45) is 7.49. The van der Waals surface area contributed by atoms with Crippen molar-refractivity contribution in [3.63, 3.8) is 0 Å². The molecule has 5 nitrogen and oxygen atoms in total. The van der Waals surface area contributed by atoms with Gasteiger partial charge >= 0.3 is 5.63 Å². The zero-order valence-electron chi connectivity index (χ0n) is 17.5. The van der Waals surface area contributed by atoms with E-state index in [4.69, 9.17) is 4.42 Å². The standard InChI is InChI=1S/C24H34O5/c1-22-9-7-16(25)11-15(22)4-5-18-21(22)19(26)12-23(2)17(8-10-24(18,23)28)14-3-6-20(27)29-13-14/h3,6,13,15-19,21,25-26,28H,4-5,7-12H2,1-2H3/t15-,16-,17-,18-,19-,21-,22+,23-,24-/m1/s1. The van der Waals surface area contributed by atoms with Crippen LogP contribution in [0.15, 0.2) is 27.6 Å². The molecule has 0 spiro atoms. The molecule has 0 aromatic carbocycles. The predicted octanol–water partition coefficient (Wildman–Crippen LogP) is 3.21. The lowest BCUT2D eigenvalue weighted by molar-refractivity contribution is -0.239. The van der Waals surface area contributed by atoms with Crippen molar-refractivity contribution in [2.75, 3.05) is 0 Å². The first-order chi connectivity index (χ1) is 13.7. The molecule has 0 bridgehead atoms. The van der Waals surface area contributed by atoms with Gasteiger partial charge in [-0.15, -0.1) is 0 Å². The SMILES string of the molecule is C[C@]12CC[C@@H](O)C[C@H]1CC[C@@H]1[C@@H]2[C@H](O)C[C@]2(C)[C@@H](c3ccc(=O)oc3)CC[C@@]12O. The number of hydrogen-bond acceptors (Lipinski definition) is 5. The molecule has 29 heavy (non-hydrogen) atoms. The van der Waals surface area contributed by atoms with Crippen LogP contribution >= 0.6 is 0 Å². The van der Waals surface area contributed by atoms with Crippen molar-refractivity contribution in [2.45, 2.75) is 88.9 Å². The Kier molecular flexibility index (Phi) is 4.37. The summed E-state index contributed by atoms with van der Waals surface area (Å²) in [5.41, 5.74) is -0.681. The maximum absolute atomic E-state index is 12.2. The Morgan fingerprint density at radius 3 is 2.59 bits per heavy atom. The highest BCUT2D eigenvalue weighted by Crippen LogP contribution is 2.70. The van der Waals surface area contributed by atoms with E-state index in [-0.39, 0.29) is 34.9 Å². The van der Waals surface area contributed by atoms with Gasteiger partial charge < -0.3 is 19.7 Å². The average Bonchev–Trinajstić information content (AvgIpc) is 2.94. The maximum atomic E-state index is 12.2. The second kappa shape index (κ2) is 6.41. The molecular weight excluding hydrogens is 368 g/mol. The molecular formula is C24H34O5. The highest BCUT2D eigenvalue weighted by molar-refractivity contribution is 5.28. The molecule has 1 aromatic rings. The highest BCUT2D eigenvalue weighted by Gasteiger charge is 2.69. The van der Waals surface area contributed by atoms with E-state index in [2.05, 4.69) is 13.8 Å². The third-order valence-electron chi connectivity index (χ3n) is 9.89. The summed E-state index contributed by atoms with van der Waals surface area (Å²) < 4.78 is 5.14. The van der Waals surface area contributed by atoms with Crippen molar-refractivity contribution in [1.29, 1.82) is 0 Å². The van der Waals surface area contributed by atoms with E-state index in [0.717, 1.165) is 50.5 Å². The van der Waals surface area contributed by atoms with Gasteiger partial charge in [0.25, 0.3) is 0 Å². The van der Waals surface area contributed by atoms with Gasteiger partial charge in [0.2, 0.25) is 0 Å². The maximum Gasteiger partial charge on any atom is 0.335 e. The van der Waals surface area contributed by atoms with Gasteiger partial charge in [0, 0.05) is 11.5 Å². The van der Waals surface area contributed by atoms with Gasteiger partial charge in [-0.25, -0.2) is 4.79 Å². The monoisotopic (exact) mass is 402 g/mol. The van der Waals surface area contributed by atoms with E-state index in [0.29, 0.717) is 12.3 Å². The van der Waals surface area contributed by atoms with Crippen molar-refractivity contribution in [3.05, 3.63) is 34.4 Å². The topological polar surface area (TPSA) is 90.9 Å². The Bertz CT molecular complexity index is 829. The molecule has 3 N–H and O–H groups in total. The summed E-state index contributed by atoms with van der Waals surface area (Å²) in [6.45, 7) is 4.43. The van der Waals surface area contributed by atoms with Gasteiger partial charge in [-0.05, 0) is 92.1 Å². The third-order valence-corrected chi connectivity index (χ3v) is 9.89. The van der Waals surface area contributed by atoms with Crippen LogP contribution in [0.5, 0.6) is 0 Å². The molecule has 4 aliphatic carbocycles. The summed E-state index contributed by atoms with van der Waals surface area (Å²) in [5, 5.41) is 33.8. The molecule has 0 saturated heterocycles. The number of aliphatic hydroxyl groups is 3. The smallest absolute Gasteiger partial charge is 0.335 e. The Balaban J connectivity index is 1.52. The van der Waals surface area contributed by atoms with E-state index in [9.17, 15) is 20.1 Å². The highest BCUT2D eigenvalue weighted by atomic mass is 16.4. The van der Waals surface area contributed by atoms with Crippen molar-refractivity contribution in [2.24, 2.45) is 28.6 Å². The molecule has 0 radical (unpaired) electrons. The Hall–Kier alpha value is -1.17. The van der Waals surface area contributed by atoms with Gasteiger partial charge in [0.05, 0.1) is 24.1 Å². The second-order valence-electron chi connectivity index (χ2n) is 10.9. The van der Waals surface area contributed by atoms with E-state index < -0.39 is 17.1 Å². The lowest BCUT2D eigenvalue weighted by Crippen LogP contribution is -2.66. The van der Waals surface area contributed by atoms with Gasteiger partial charge in [-0.3, -0.25) is 0 Å². The molecule has 5 rings (SSSR count). The number of rotatable bonds is 1. The molecule has 5 heteroatoms. The number of fused-ring (bicyclic) bond motifs is 5. The van der Waals surface area contributed by atoms with Crippen molar-refractivity contribution in [1.82, 2.24) is 0 Å². The fourth-order valence-electron chi connectivity index (χ4n) is 8.41. The van der Waals surface area contributed by atoms with E-state index in [1.54, 1.807) is 6.26 Å². The van der Waals surface area contributed by atoms with Crippen LogP contribution < -0.4 is 5.63 Å². The van der Waals surface area contributed by atoms with Crippen LogP contribution in [0.3, 0.4) is 0 Å². The zero-order valence-corrected chi connectivity index (χ0v) is 17.5. The molecule has 0 aliphatic heterocycles. The number of hydrogen-bond donors (Lipinski definition) is 3. The molecule has 1 heterocycles. The normalized spacial score (nSPS) is 51.8. The van der Waals surface area contributed by atoms with Gasteiger partial charge in [0.15, 0.2) is 0 Å². The van der Waals surface area contributed by atoms with Crippen LogP contribution in [0, 0.1) is 28.6 Å². The van der Waals surface area contributed by atoms with Crippen LogP contribution in [0.2, 0.25) is 0 Å². The first kappa shape index (κ1) is 19.8. The quantitative estimate of drug-likeness (QED) is 0.671. The van der Waals surface area contributed by atoms with Crippen LogP contribution in [0.1, 0.15) is 76.7 Å². The van der Waals surface area contributed by atoms with Crippen LogP contribution in [-0.2, 0) is 0 Å². The second-order valence-corrected chi connectivity index (χ2v) is 10.9. The lowest BCUT2D eigenvalue weighted by Gasteiger charge is -2.65. The minimum Gasteiger partial charge on any atom is -0.431 e. The lowest BCUT2D eigenvalue weighted by atomic mass is 9.42. The molecule has 9 atom stereocenters. The van der Waals surface area contributed by atoms with Gasteiger partial charge in [-0.2, -0.15) is 0 Å². The largest absolute Gasteiger partial charge is 0.431 e. The summed E-state index contributed by atoms with van der Waals surface area (Å²) in [6, 6.07) is 3.28. The predicted molar refractivity (Wildman–Crippen MR) is 108 cm³/mol. The van der Waals surface area contributed by atoms with Crippen molar-refractivity contribution in [3.8, 4) is 0 Å². The van der Waals surface area contributed by atoms with Crippen molar-refractivity contribution >= 4 is 0 Å². The Morgan fingerprint density at radius 2 is 1.86 bits per heavy atom. The summed E-state index contributed by atoms with van der Waals surface area (Å²) >= 11 is 0. The molecule has 4 saturated carbocycles. The van der Waals surface area contributed by atoms with E-state index in [1.165, 1.54) is 6.07 Å². The van der Waals surface area contributed by atoms with Gasteiger partial charge in [-0.1, -0.05) is 13.8 Å². The van der Waals surface area contributed by atoms with Crippen molar-refractivity contribution < 1.29 is 19.7 Å². The Labute approximate surface area is 172 Å². The molecule has 1 aromatic heterocycles. The molecule has 4 fully saturated rings. The molecule has 0 unspecified atom stereocenters. The fourth-order valence-corrected chi connectivity index (χ4v) is 8.41. The third kappa shape index (κ3) is 2.60. The zero-order chi connectivity index (χ0) is 20.6. The minimum absolute atomic E-state index is 0.0176. The van der Waals surface area contributed by atoms with E-state index in [1.807, 2.05) is 6.07 Å².